The number of likely N-dealkylation sites (tertiary alicyclic amines) is 1. The molecule has 2 bridgehead atoms. The van der Waals surface area contributed by atoms with Crippen molar-refractivity contribution in [2.75, 3.05) is 30.8 Å². The van der Waals surface area contributed by atoms with Gasteiger partial charge in [0.15, 0.2) is 0 Å². The highest BCUT2D eigenvalue weighted by atomic mass is 35.5. The summed E-state index contributed by atoms with van der Waals surface area (Å²) in [4.78, 5) is 31.1. The summed E-state index contributed by atoms with van der Waals surface area (Å²) in [6.07, 6.45) is 12.0. The fourth-order valence-corrected chi connectivity index (χ4v) is 4.43. The van der Waals surface area contributed by atoms with Crippen LogP contribution in [-0.2, 0) is 9.59 Å². The number of aldehydes is 1. The molecule has 3 atom stereocenters. The fourth-order valence-electron chi connectivity index (χ4n) is 4.24. The Hall–Kier alpha value is -2.84. The Morgan fingerprint density at radius 3 is 2.53 bits per heavy atom. The van der Waals surface area contributed by atoms with E-state index in [1.54, 1.807) is 19.3 Å². The van der Waals surface area contributed by atoms with E-state index < -0.39 is 5.82 Å². The number of piperidine rings is 1. The Kier molecular flexibility index (Phi) is 12.5. The van der Waals surface area contributed by atoms with E-state index in [1.165, 1.54) is 37.9 Å². The van der Waals surface area contributed by atoms with Crippen LogP contribution < -0.4 is 10.6 Å². The summed E-state index contributed by atoms with van der Waals surface area (Å²) in [5.41, 5.74) is 3.15. The summed E-state index contributed by atoms with van der Waals surface area (Å²) in [7, 11) is 1.72. The van der Waals surface area contributed by atoms with Crippen molar-refractivity contribution in [3.05, 3.63) is 46.4 Å². The van der Waals surface area contributed by atoms with E-state index in [2.05, 4.69) is 32.4 Å². The number of carbonyl (C=O) groups excluding carboxylic acids is 2. The van der Waals surface area contributed by atoms with Crippen LogP contribution in [0.5, 0.6) is 0 Å². The molecule has 2 aliphatic heterocycles. The van der Waals surface area contributed by atoms with Crippen molar-refractivity contribution < 1.29 is 14.0 Å². The maximum absolute atomic E-state index is 12.8. The highest BCUT2D eigenvalue weighted by Gasteiger charge is 2.36. The fraction of sp³-hybridized carbons (Fsp3) is 0.481. The lowest BCUT2D eigenvalue weighted by atomic mass is 10.1. The van der Waals surface area contributed by atoms with E-state index in [4.69, 9.17) is 11.6 Å². The molecule has 1 aromatic carbocycles. The van der Waals surface area contributed by atoms with Crippen LogP contribution in [0.3, 0.4) is 0 Å². The standard InChI is InChI=1S/C11H15ClN2.C8H9FN2O.C8H13NO/c1-4-10-5-11(12)14-7-9(3)8(2)6-13-10;1-10-6-2-3-7(9)8(4-6)11-5-12;10-4-3-9-6-7-1-2-8(9)5-7/h5-7,10H,4H2,1-3H3;2-5,10H,1H3,(H,11,12);4,7-8H,1-3,5-6H2/b9-8+,11-5-,13-6?,14-7-;;/t10-;;/m1../s1. The average Bonchev–Trinajstić information content (AvgIpc) is 3.51. The molecule has 1 saturated heterocycles. The second-order valence-corrected chi connectivity index (χ2v) is 9.41. The smallest absolute Gasteiger partial charge is 0.211 e. The van der Waals surface area contributed by atoms with Gasteiger partial charge in [-0.1, -0.05) is 18.5 Å². The van der Waals surface area contributed by atoms with Crippen molar-refractivity contribution in [1.82, 2.24) is 4.90 Å². The summed E-state index contributed by atoms with van der Waals surface area (Å²) >= 11 is 5.92. The molecule has 2 fully saturated rings. The van der Waals surface area contributed by atoms with Gasteiger partial charge in [-0.05, 0) is 80.9 Å². The van der Waals surface area contributed by atoms with Crippen LogP contribution in [0, 0.1) is 11.7 Å². The van der Waals surface area contributed by atoms with Crippen molar-refractivity contribution in [3.8, 4) is 0 Å². The number of allylic oxidation sites excluding steroid dienone is 2. The first kappa shape index (κ1) is 29.4. The van der Waals surface area contributed by atoms with Crippen LogP contribution >= 0.6 is 11.6 Å². The second-order valence-electron chi connectivity index (χ2n) is 9.03. The van der Waals surface area contributed by atoms with Crippen LogP contribution in [0.2, 0.25) is 0 Å². The highest BCUT2D eigenvalue weighted by Crippen LogP contribution is 2.36. The Labute approximate surface area is 218 Å². The number of amides is 1. The molecule has 0 aromatic heterocycles. The summed E-state index contributed by atoms with van der Waals surface area (Å²) < 4.78 is 12.8. The van der Waals surface area contributed by atoms with Gasteiger partial charge in [0, 0.05) is 37.8 Å². The minimum atomic E-state index is -0.443. The lowest BCUT2D eigenvalue weighted by Gasteiger charge is -2.23. The lowest BCUT2D eigenvalue weighted by Crippen LogP contribution is -2.33. The second kappa shape index (κ2) is 15.3. The zero-order valence-electron chi connectivity index (χ0n) is 21.5. The molecule has 2 unspecified atom stereocenters. The van der Waals surface area contributed by atoms with Crippen molar-refractivity contribution in [1.29, 1.82) is 0 Å². The molecular weight excluding hydrogens is 481 g/mol. The number of fused-ring (bicyclic) bond motifs is 2. The average molecular weight is 518 g/mol. The molecule has 1 aromatic rings. The third-order valence-corrected chi connectivity index (χ3v) is 6.74. The highest BCUT2D eigenvalue weighted by molar-refractivity contribution is 6.30. The summed E-state index contributed by atoms with van der Waals surface area (Å²) in [5, 5.41) is 5.60. The molecule has 7 nitrogen and oxygen atoms in total. The van der Waals surface area contributed by atoms with Gasteiger partial charge in [-0.15, -0.1) is 0 Å². The van der Waals surface area contributed by atoms with Crippen LogP contribution in [0.25, 0.3) is 0 Å². The number of hydrogen-bond acceptors (Lipinski definition) is 6. The topological polar surface area (TPSA) is 86.2 Å². The number of benzene rings is 1. The molecule has 0 radical (unpaired) electrons. The van der Waals surface area contributed by atoms with Gasteiger partial charge >= 0.3 is 0 Å². The normalized spacial score (nSPS) is 27.1. The van der Waals surface area contributed by atoms with E-state index in [-0.39, 0.29) is 11.7 Å². The molecule has 1 aliphatic carbocycles. The monoisotopic (exact) mass is 517 g/mol. The van der Waals surface area contributed by atoms with Gasteiger partial charge in [-0.25, -0.2) is 9.38 Å². The van der Waals surface area contributed by atoms with Gasteiger partial charge in [-0.3, -0.25) is 14.7 Å². The number of aliphatic imine (C=N–C) groups is 2. The van der Waals surface area contributed by atoms with E-state index >= 15 is 0 Å². The van der Waals surface area contributed by atoms with Crippen LogP contribution in [-0.4, -0.2) is 62.2 Å². The molecule has 196 valence electrons. The molecule has 2 heterocycles. The first-order valence-electron chi connectivity index (χ1n) is 12.3. The molecule has 2 N–H and O–H groups in total. The first-order valence-corrected chi connectivity index (χ1v) is 12.7. The first-order chi connectivity index (χ1) is 17.3. The number of rotatable bonds is 6. The zero-order chi connectivity index (χ0) is 26.5. The minimum Gasteiger partial charge on any atom is -0.388 e. The van der Waals surface area contributed by atoms with Gasteiger partial charge in [0.25, 0.3) is 0 Å². The maximum Gasteiger partial charge on any atom is 0.211 e. The predicted octanol–water partition coefficient (Wildman–Crippen LogP) is 5.44. The Morgan fingerprint density at radius 1 is 1.19 bits per heavy atom. The van der Waals surface area contributed by atoms with Crippen molar-refractivity contribution in [2.45, 2.75) is 58.5 Å². The number of halogens is 2. The van der Waals surface area contributed by atoms with Crippen LogP contribution in [0.1, 0.15) is 46.5 Å². The quantitative estimate of drug-likeness (QED) is 0.388. The Bertz CT molecular complexity index is 1010. The largest absolute Gasteiger partial charge is 0.388 e. The molecule has 36 heavy (non-hydrogen) atoms. The molecule has 3 aliphatic rings. The van der Waals surface area contributed by atoms with E-state index in [9.17, 15) is 14.0 Å². The number of nitrogens with zero attached hydrogens (tertiary/aromatic N) is 3. The number of nitrogens with one attached hydrogen (secondary N) is 2. The van der Waals surface area contributed by atoms with Gasteiger partial charge in [-0.2, -0.15) is 0 Å². The van der Waals surface area contributed by atoms with Crippen molar-refractivity contribution in [2.24, 2.45) is 15.9 Å². The maximum atomic E-state index is 12.8. The molecule has 9 heteroatoms. The van der Waals surface area contributed by atoms with Crippen LogP contribution in [0.4, 0.5) is 15.8 Å². The Morgan fingerprint density at radius 2 is 1.94 bits per heavy atom. The summed E-state index contributed by atoms with van der Waals surface area (Å²) in [5.74, 6) is 0.478. The van der Waals surface area contributed by atoms with Crippen molar-refractivity contribution >= 4 is 48.1 Å². The van der Waals surface area contributed by atoms with Crippen LogP contribution in [0.15, 0.2) is 50.6 Å². The SMILES string of the molecule is CC[C@@H]1\C=C(Cl)/N=C\C(C)=C(/C)C=N1.CNc1ccc(F)c(NC=O)c1.O=CCN1CC2CCC1C2. The number of anilines is 2. The van der Waals surface area contributed by atoms with Gasteiger partial charge in [0.2, 0.25) is 6.41 Å². The summed E-state index contributed by atoms with van der Waals surface area (Å²) in [6, 6.07) is 5.29. The molecule has 0 spiro atoms. The molecular formula is C27H37ClFN5O2. The molecule has 4 rings (SSSR count). The van der Waals surface area contributed by atoms with Gasteiger partial charge < -0.3 is 15.4 Å². The van der Waals surface area contributed by atoms with E-state index in [0.29, 0.717) is 18.1 Å². The minimum absolute atomic E-state index is 0.139. The zero-order valence-corrected chi connectivity index (χ0v) is 22.3. The molecule has 1 amide bonds. The third kappa shape index (κ3) is 9.32. The number of carbonyl (C=O) groups is 2. The summed E-state index contributed by atoms with van der Waals surface area (Å²) in [6.45, 7) is 7.96. The lowest BCUT2D eigenvalue weighted by molar-refractivity contribution is -0.109. The Balaban J connectivity index is 0.000000192. The van der Waals surface area contributed by atoms with Gasteiger partial charge in [0.1, 0.15) is 17.3 Å². The van der Waals surface area contributed by atoms with Crippen molar-refractivity contribution in [3.63, 3.8) is 0 Å². The number of hydrogen-bond donors (Lipinski definition) is 2. The van der Waals surface area contributed by atoms with E-state index in [0.717, 1.165) is 41.5 Å². The molecule has 1 saturated carbocycles. The predicted molar refractivity (Wildman–Crippen MR) is 148 cm³/mol. The van der Waals surface area contributed by atoms with Gasteiger partial charge in [0.05, 0.1) is 18.3 Å². The third-order valence-electron chi connectivity index (χ3n) is 6.51. The van der Waals surface area contributed by atoms with E-state index in [1.807, 2.05) is 26.1 Å².